The van der Waals surface area contributed by atoms with Gasteiger partial charge in [0.05, 0.1) is 10.6 Å². The van der Waals surface area contributed by atoms with Crippen molar-refractivity contribution in [2.24, 2.45) is 5.14 Å². The first-order valence-electron chi connectivity index (χ1n) is 7.08. The van der Waals surface area contributed by atoms with E-state index in [4.69, 9.17) is 16.7 Å². The molecule has 1 amide bonds. The Morgan fingerprint density at radius 3 is 2.48 bits per heavy atom. The maximum absolute atomic E-state index is 12.3. The second kappa shape index (κ2) is 6.67. The zero-order valence-corrected chi connectivity index (χ0v) is 14.3. The molecule has 0 aliphatic heterocycles. The molecular formula is C16H13ClN4O3S. The van der Waals surface area contributed by atoms with Gasteiger partial charge in [-0.05, 0) is 42.5 Å². The molecule has 0 bridgehead atoms. The van der Waals surface area contributed by atoms with Crippen LogP contribution in [0.2, 0.25) is 5.02 Å². The minimum absolute atomic E-state index is 0.0321. The minimum Gasteiger partial charge on any atom is -0.321 e. The van der Waals surface area contributed by atoms with Crippen molar-refractivity contribution in [2.45, 2.75) is 4.90 Å². The number of anilines is 1. The molecule has 128 valence electrons. The van der Waals surface area contributed by atoms with Crippen LogP contribution in [0.3, 0.4) is 0 Å². The molecule has 25 heavy (non-hydrogen) atoms. The van der Waals surface area contributed by atoms with E-state index in [1.165, 1.54) is 24.3 Å². The fraction of sp³-hybridized carbons (Fsp3) is 0. The van der Waals surface area contributed by atoms with E-state index in [9.17, 15) is 13.2 Å². The highest BCUT2D eigenvalue weighted by Gasteiger charge is 2.12. The predicted octanol–water partition coefficient (Wildman–Crippen LogP) is 2.63. The van der Waals surface area contributed by atoms with E-state index in [-0.39, 0.29) is 10.6 Å². The van der Waals surface area contributed by atoms with Crippen molar-refractivity contribution in [3.05, 3.63) is 65.3 Å². The average molecular weight is 377 g/mol. The molecule has 0 saturated carbocycles. The van der Waals surface area contributed by atoms with Gasteiger partial charge in [-0.15, -0.1) is 0 Å². The largest absolute Gasteiger partial charge is 0.321 e. The van der Waals surface area contributed by atoms with Crippen LogP contribution in [-0.4, -0.2) is 24.5 Å². The summed E-state index contributed by atoms with van der Waals surface area (Å²) in [5, 5.41) is 15.0. The van der Waals surface area contributed by atoms with Gasteiger partial charge in [0, 0.05) is 16.3 Å². The highest BCUT2D eigenvalue weighted by Crippen LogP contribution is 2.22. The predicted molar refractivity (Wildman–Crippen MR) is 94.8 cm³/mol. The fourth-order valence-electron chi connectivity index (χ4n) is 2.16. The first-order chi connectivity index (χ1) is 11.8. The SMILES string of the molecule is NS(=O)(=O)c1ccc(NC(=O)c2cc(-c3cccc(Cl)c3)n[nH]2)cc1. The lowest BCUT2D eigenvalue weighted by Gasteiger charge is -2.04. The second-order valence-electron chi connectivity index (χ2n) is 5.20. The molecule has 0 atom stereocenters. The van der Waals surface area contributed by atoms with Gasteiger partial charge in [0.15, 0.2) is 0 Å². The summed E-state index contributed by atoms with van der Waals surface area (Å²) in [7, 11) is -3.77. The van der Waals surface area contributed by atoms with Crippen molar-refractivity contribution >= 4 is 33.2 Å². The van der Waals surface area contributed by atoms with Crippen LogP contribution in [0, 0.1) is 0 Å². The number of hydrogen-bond acceptors (Lipinski definition) is 4. The smallest absolute Gasteiger partial charge is 0.273 e. The lowest BCUT2D eigenvalue weighted by Crippen LogP contribution is -2.14. The fourth-order valence-corrected chi connectivity index (χ4v) is 2.87. The molecule has 0 unspecified atom stereocenters. The van der Waals surface area contributed by atoms with Crippen molar-refractivity contribution in [1.29, 1.82) is 0 Å². The van der Waals surface area contributed by atoms with Gasteiger partial charge >= 0.3 is 0 Å². The molecule has 3 rings (SSSR count). The van der Waals surface area contributed by atoms with Crippen molar-refractivity contribution in [3.63, 3.8) is 0 Å². The molecule has 0 radical (unpaired) electrons. The van der Waals surface area contributed by atoms with Crippen molar-refractivity contribution in [2.75, 3.05) is 5.32 Å². The first-order valence-corrected chi connectivity index (χ1v) is 9.01. The number of H-pyrrole nitrogens is 1. The van der Waals surface area contributed by atoms with Crippen molar-refractivity contribution in [3.8, 4) is 11.3 Å². The number of aromatic nitrogens is 2. The van der Waals surface area contributed by atoms with Gasteiger partial charge in [-0.1, -0.05) is 23.7 Å². The summed E-state index contributed by atoms with van der Waals surface area (Å²) < 4.78 is 22.4. The number of amides is 1. The Labute approximate surface area is 148 Å². The highest BCUT2D eigenvalue weighted by atomic mass is 35.5. The third-order valence-corrected chi connectivity index (χ3v) is 4.55. The number of nitrogens with zero attached hydrogens (tertiary/aromatic N) is 1. The van der Waals surface area contributed by atoms with Gasteiger partial charge in [0.25, 0.3) is 5.91 Å². The molecular weight excluding hydrogens is 364 g/mol. The number of aromatic amines is 1. The number of hydrogen-bond donors (Lipinski definition) is 3. The summed E-state index contributed by atoms with van der Waals surface area (Å²) in [6.45, 7) is 0. The van der Waals surface area contributed by atoms with E-state index in [1.54, 1.807) is 24.3 Å². The van der Waals surface area contributed by atoms with Gasteiger partial charge in [0.2, 0.25) is 10.0 Å². The number of carbonyl (C=O) groups is 1. The van der Waals surface area contributed by atoms with Gasteiger partial charge in [-0.2, -0.15) is 5.10 Å². The number of sulfonamides is 1. The molecule has 0 spiro atoms. The zero-order chi connectivity index (χ0) is 18.0. The van der Waals surface area contributed by atoms with Crippen LogP contribution in [-0.2, 0) is 10.0 Å². The summed E-state index contributed by atoms with van der Waals surface area (Å²) in [5.41, 5.74) is 2.04. The Hall–Kier alpha value is -2.68. The van der Waals surface area contributed by atoms with Crippen LogP contribution < -0.4 is 10.5 Å². The lowest BCUT2D eigenvalue weighted by molar-refractivity contribution is 0.102. The highest BCUT2D eigenvalue weighted by molar-refractivity contribution is 7.89. The maximum atomic E-state index is 12.3. The van der Waals surface area contributed by atoms with Gasteiger partial charge in [-0.3, -0.25) is 9.89 Å². The van der Waals surface area contributed by atoms with E-state index < -0.39 is 15.9 Å². The summed E-state index contributed by atoms with van der Waals surface area (Å²) in [6.07, 6.45) is 0. The molecule has 3 aromatic rings. The lowest BCUT2D eigenvalue weighted by atomic mass is 10.1. The third-order valence-electron chi connectivity index (χ3n) is 3.38. The van der Waals surface area contributed by atoms with Crippen LogP contribution >= 0.6 is 11.6 Å². The van der Waals surface area contributed by atoms with E-state index >= 15 is 0 Å². The summed E-state index contributed by atoms with van der Waals surface area (Å²) in [6, 6.07) is 14.2. The molecule has 9 heteroatoms. The van der Waals surface area contributed by atoms with E-state index in [1.807, 2.05) is 6.07 Å². The van der Waals surface area contributed by atoms with Gasteiger partial charge in [-0.25, -0.2) is 13.6 Å². The van der Waals surface area contributed by atoms with E-state index in [2.05, 4.69) is 15.5 Å². The van der Waals surface area contributed by atoms with Crippen LogP contribution in [0.25, 0.3) is 11.3 Å². The number of carbonyl (C=O) groups excluding carboxylic acids is 1. The number of halogens is 1. The molecule has 0 saturated heterocycles. The number of primary sulfonamides is 1. The second-order valence-corrected chi connectivity index (χ2v) is 7.20. The standard InChI is InChI=1S/C16H13ClN4O3S/c17-11-3-1-2-10(8-11)14-9-15(21-20-14)16(22)19-12-4-6-13(7-5-12)25(18,23)24/h1-9H,(H,19,22)(H,20,21)(H2,18,23,24). The Morgan fingerprint density at radius 2 is 1.84 bits per heavy atom. The quantitative estimate of drug-likeness (QED) is 0.648. The Balaban J connectivity index is 1.76. The molecule has 1 heterocycles. The van der Waals surface area contributed by atoms with Gasteiger partial charge in [0.1, 0.15) is 5.69 Å². The first kappa shape index (κ1) is 17.2. The number of benzene rings is 2. The molecule has 1 aromatic heterocycles. The Bertz CT molecular complexity index is 1030. The van der Waals surface area contributed by atoms with E-state index in [0.717, 1.165) is 5.56 Å². The minimum atomic E-state index is -3.77. The topological polar surface area (TPSA) is 118 Å². The molecule has 2 aromatic carbocycles. The molecule has 0 aliphatic rings. The molecule has 4 N–H and O–H groups in total. The van der Waals surface area contributed by atoms with Crippen molar-refractivity contribution in [1.82, 2.24) is 10.2 Å². The molecule has 7 nitrogen and oxygen atoms in total. The summed E-state index contributed by atoms with van der Waals surface area (Å²) in [5.74, 6) is -0.413. The number of nitrogens with one attached hydrogen (secondary N) is 2. The molecule has 0 aliphatic carbocycles. The van der Waals surface area contributed by atoms with E-state index in [0.29, 0.717) is 16.4 Å². The summed E-state index contributed by atoms with van der Waals surface area (Å²) in [4.78, 5) is 12.2. The third kappa shape index (κ3) is 4.05. The van der Waals surface area contributed by atoms with Crippen LogP contribution in [0.4, 0.5) is 5.69 Å². The Morgan fingerprint density at radius 1 is 1.12 bits per heavy atom. The van der Waals surface area contributed by atoms with Crippen molar-refractivity contribution < 1.29 is 13.2 Å². The normalized spacial score (nSPS) is 11.3. The van der Waals surface area contributed by atoms with Crippen LogP contribution in [0.15, 0.2) is 59.5 Å². The number of nitrogens with two attached hydrogens (primary N) is 1. The average Bonchev–Trinajstić information content (AvgIpc) is 3.05. The number of rotatable bonds is 4. The monoisotopic (exact) mass is 376 g/mol. The Kier molecular flexibility index (Phi) is 4.58. The summed E-state index contributed by atoms with van der Waals surface area (Å²) >= 11 is 5.95. The zero-order valence-electron chi connectivity index (χ0n) is 12.7. The van der Waals surface area contributed by atoms with Gasteiger partial charge < -0.3 is 5.32 Å². The van der Waals surface area contributed by atoms with Crippen LogP contribution in [0.1, 0.15) is 10.5 Å². The maximum Gasteiger partial charge on any atom is 0.273 e. The van der Waals surface area contributed by atoms with Crippen LogP contribution in [0.5, 0.6) is 0 Å². The molecule has 0 fully saturated rings.